The van der Waals surface area contributed by atoms with Crippen molar-refractivity contribution in [3.63, 3.8) is 0 Å². The number of carboxylic acids is 1. The van der Waals surface area contributed by atoms with E-state index in [0.29, 0.717) is 17.4 Å². The predicted molar refractivity (Wildman–Crippen MR) is 55.8 cm³/mol. The van der Waals surface area contributed by atoms with E-state index >= 15 is 0 Å². The largest absolute Gasteiger partial charge is 0.480 e. The van der Waals surface area contributed by atoms with Crippen molar-refractivity contribution < 1.29 is 14.7 Å². The fourth-order valence-corrected chi connectivity index (χ4v) is 1.65. The third-order valence-electron chi connectivity index (χ3n) is 1.42. The zero-order valence-corrected chi connectivity index (χ0v) is 8.93. The molecule has 0 aliphatic carbocycles. The lowest BCUT2D eigenvalue weighted by molar-refractivity contribution is -0.136. The summed E-state index contributed by atoms with van der Waals surface area (Å²) in [7, 11) is 0. The Kier molecular flexibility index (Phi) is 4.19. The summed E-state index contributed by atoms with van der Waals surface area (Å²) in [6.45, 7) is 1.68. The van der Waals surface area contributed by atoms with Gasteiger partial charge in [0.1, 0.15) is 0 Å². The Morgan fingerprint density at radius 2 is 2.33 bits per heavy atom. The molecule has 15 heavy (non-hydrogen) atoms. The van der Waals surface area contributed by atoms with E-state index in [4.69, 9.17) is 5.11 Å². The zero-order valence-electron chi connectivity index (χ0n) is 8.11. The molecule has 6 nitrogen and oxygen atoms in total. The Labute approximate surface area is 90.3 Å². The highest BCUT2D eigenvalue weighted by atomic mass is 32.1. The lowest BCUT2D eigenvalue weighted by Gasteiger charge is -1.97. The van der Waals surface area contributed by atoms with Crippen LogP contribution in [0.3, 0.4) is 0 Å². The van der Waals surface area contributed by atoms with Gasteiger partial charge < -0.3 is 15.7 Å². The average Bonchev–Trinajstić information content (AvgIpc) is 2.50. The topological polar surface area (TPSA) is 91.3 Å². The van der Waals surface area contributed by atoms with Crippen LogP contribution in [0.4, 0.5) is 5.13 Å². The molecule has 0 unspecified atom stereocenters. The highest BCUT2D eigenvalue weighted by Gasteiger charge is 2.03. The first-order chi connectivity index (χ1) is 7.08. The van der Waals surface area contributed by atoms with Crippen molar-refractivity contribution in [1.82, 2.24) is 10.3 Å². The van der Waals surface area contributed by atoms with E-state index in [0.717, 1.165) is 0 Å². The van der Waals surface area contributed by atoms with Crippen LogP contribution in [-0.4, -0.2) is 28.5 Å². The summed E-state index contributed by atoms with van der Waals surface area (Å²) in [6, 6.07) is 0. The summed E-state index contributed by atoms with van der Waals surface area (Å²) >= 11 is 1.31. The van der Waals surface area contributed by atoms with Crippen molar-refractivity contribution in [2.24, 2.45) is 0 Å². The van der Waals surface area contributed by atoms with Gasteiger partial charge in [0, 0.05) is 18.8 Å². The Hall–Kier alpha value is -1.47. The standard InChI is InChI=1S/C8H11N3O3S/c1-5(12)10-8-11-6(4-15-8)2-9-3-7(13)14/h4,9H,2-3H2,1H3,(H,13,14)(H,10,11,12). The van der Waals surface area contributed by atoms with Crippen molar-refractivity contribution in [1.29, 1.82) is 0 Å². The number of carbonyl (C=O) groups excluding carboxylic acids is 1. The Balaban J connectivity index is 2.39. The van der Waals surface area contributed by atoms with Crippen LogP contribution in [0.2, 0.25) is 0 Å². The molecule has 1 rings (SSSR count). The highest BCUT2D eigenvalue weighted by molar-refractivity contribution is 7.13. The smallest absolute Gasteiger partial charge is 0.317 e. The van der Waals surface area contributed by atoms with Crippen LogP contribution in [-0.2, 0) is 16.1 Å². The Bertz CT molecular complexity index is 364. The van der Waals surface area contributed by atoms with E-state index in [1.807, 2.05) is 0 Å². The molecule has 0 aromatic carbocycles. The number of aromatic nitrogens is 1. The van der Waals surface area contributed by atoms with Gasteiger partial charge in [0.25, 0.3) is 0 Å². The molecule has 0 bridgehead atoms. The summed E-state index contributed by atoms with van der Waals surface area (Å²) < 4.78 is 0. The van der Waals surface area contributed by atoms with Crippen LogP contribution in [0.15, 0.2) is 5.38 Å². The van der Waals surface area contributed by atoms with Crippen molar-refractivity contribution in [2.45, 2.75) is 13.5 Å². The average molecular weight is 229 g/mol. The minimum Gasteiger partial charge on any atom is -0.480 e. The van der Waals surface area contributed by atoms with E-state index in [9.17, 15) is 9.59 Å². The number of nitrogens with zero attached hydrogens (tertiary/aromatic N) is 1. The summed E-state index contributed by atoms with van der Waals surface area (Å²) in [5.74, 6) is -1.08. The maximum Gasteiger partial charge on any atom is 0.317 e. The first-order valence-corrected chi connectivity index (χ1v) is 5.10. The van der Waals surface area contributed by atoms with Crippen LogP contribution < -0.4 is 10.6 Å². The molecule has 3 N–H and O–H groups in total. The number of nitrogens with one attached hydrogen (secondary N) is 2. The second-order valence-electron chi connectivity index (χ2n) is 2.82. The van der Waals surface area contributed by atoms with Gasteiger partial charge >= 0.3 is 5.97 Å². The molecule has 0 radical (unpaired) electrons. The van der Waals surface area contributed by atoms with Crippen molar-refractivity contribution in [3.05, 3.63) is 11.1 Å². The van der Waals surface area contributed by atoms with E-state index < -0.39 is 5.97 Å². The third kappa shape index (κ3) is 4.52. The fourth-order valence-electron chi connectivity index (χ4n) is 0.894. The lowest BCUT2D eigenvalue weighted by atomic mass is 10.5. The van der Waals surface area contributed by atoms with Gasteiger partial charge in [-0.3, -0.25) is 9.59 Å². The maximum atomic E-state index is 10.7. The third-order valence-corrected chi connectivity index (χ3v) is 2.22. The van der Waals surface area contributed by atoms with E-state index in [1.54, 1.807) is 5.38 Å². The van der Waals surface area contributed by atoms with Gasteiger partial charge in [0.15, 0.2) is 5.13 Å². The van der Waals surface area contributed by atoms with Crippen LogP contribution in [0.25, 0.3) is 0 Å². The zero-order chi connectivity index (χ0) is 11.3. The molecule has 0 fully saturated rings. The van der Waals surface area contributed by atoms with Gasteiger partial charge in [-0.15, -0.1) is 11.3 Å². The van der Waals surface area contributed by atoms with Gasteiger partial charge in [0.2, 0.25) is 5.91 Å². The molecule has 1 heterocycles. The van der Waals surface area contributed by atoms with Gasteiger partial charge in [-0.25, -0.2) is 4.98 Å². The van der Waals surface area contributed by atoms with E-state index in [-0.39, 0.29) is 12.5 Å². The van der Waals surface area contributed by atoms with Crippen LogP contribution in [0.1, 0.15) is 12.6 Å². The van der Waals surface area contributed by atoms with Crippen LogP contribution in [0, 0.1) is 0 Å². The Morgan fingerprint density at radius 1 is 1.60 bits per heavy atom. The van der Waals surface area contributed by atoms with Crippen molar-refractivity contribution in [3.8, 4) is 0 Å². The fraction of sp³-hybridized carbons (Fsp3) is 0.375. The van der Waals surface area contributed by atoms with E-state index in [2.05, 4.69) is 15.6 Å². The summed E-state index contributed by atoms with van der Waals surface area (Å²) in [6.07, 6.45) is 0. The molecule has 1 aromatic heterocycles. The number of amides is 1. The van der Waals surface area contributed by atoms with Crippen molar-refractivity contribution >= 4 is 28.3 Å². The molecule has 82 valence electrons. The molecule has 0 spiro atoms. The second-order valence-corrected chi connectivity index (χ2v) is 3.68. The van der Waals surface area contributed by atoms with Crippen molar-refractivity contribution in [2.75, 3.05) is 11.9 Å². The summed E-state index contributed by atoms with van der Waals surface area (Å²) in [5.41, 5.74) is 0.713. The van der Waals surface area contributed by atoms with Gasteiger partial charge in [-0.1, -0.05) is 0 Å². The molecule has 0 saturated heterocycles. The number of anilines is 1. The molecule has 0 saturated carbocycles. The first-order valence-electron chi connectivity index (χ1n) is 4.22. The van der Waals surface area contributed by atoms with Crippen LogP contribution in [0.5, 0.6) is 0 Å². The van der Waals surface area contributed by atoms with E-state index in [1.165, 1.54) is 18.3 Å². The molecule has 0 aliphatic heterocycles. The van der Waals surface area contributed by atoms with Gasteiger partial charge in [-0.2, -0.15) is 0 Å². The normalized spacial score (nSPS) is 9.93. The number of carboxylic acid groups (broad SMARTS) is 1. The number of rotatable bonds is 5. The summed E-state index contributed by atoms with van der Waals surface area (Å²) in [5, 5.41) is 15.9. The first kappa shape index (κ1) is 11.6. The molecular weight excluding hydrogens is 218 g/mol. The summed E-state index contributed by atoms with van der Waals surface area (Å²) in [4.78, 5) is 25.0. The molecule has 7 heteroatoms. The maximum absolute atomic E-state index is 10.7. The number of thiazole rings is 1. The minimum atomic E-state index is -0.910. The SMILES string of the molecule is CC(=O)Nc1nc(CNCC(=O)O)cs1. The van der Waals surface area contributed by atoms with Gasteiger partial charge in [0.05, 0.1) is 12.2 Å². The van der Waals surface area contributed by atoms with Gasteiger partial charge in [-0.05, 0) is 0 Å². The minimum absolute atomic E-state index is 0.104. The molecule has 1 aromatic rings. The Morgan fingerprint density at radius 3 is 2.93 bits per heavy atom. The number of hydrogen-bond donors (Lipinski definition) is 3. The predicted octanol–water partition coefficient (Wildman–Crippen LogP) is 0.276. The molecule has 1 amide bonds. The molecular formula is C8H11N3O3S. The molecule has 0 atom stereocenters. The number of carbonyl (C=O) groups is 2. The van der Waals surface area contributed by atoms with Crippen LogP contribution >= 0.6 is 11.3 Å². The highest BCUT2D eigenvalue weighted by Crippen LogP contribution is 2.14. The number of aliphatic carboxylic acids is 1. The number of hydrogen-bond acceptors (Lipinski definition) is 5. The monoisotopic (exact) mass is 229 g/mol. The second kappa shape index (κ2) is 5.42. The quantitative estimate of drug-likeness (QED) is 0.674. The molecule has 0 aliphatic rings. The lowest BCUT2D eigenvalue weighted by Crippen LogP contribution is -2.22.